The minimum absolute atomic E-state index is 0.780. The van der Waals surface area contributed by atoms with Gasteiger partial charge in [0.1, 0.15) is 0 Å². The lowest BCUT2D eigenvalue weighted by molar-refractivity contribution is 0.131. The van der Waals surface area contributed by atoms with E-state index in [1.165, 1.54) is 64.6 Å². The van der Waals surface area contributed by atoms with Crippen LogP contribution < -0.4 is 5.32 Å². The summed E-state index contributed by atoms with van der Waals surface area (Å²) in [5.74, 6) is 0.940. The number of fused-ring (bicyclic) bond motifs is 2. The maximum Gasteiger partial charge on any atom is 0.00988 e. The molecule has 3 aliphatic rings. The summed E-state index contributed by atoms with van der Waals surface area (Å²) in [6.07, 6.45) is 9.86. The summed E-state index contributed by atoms with van der Waals surface area (Å²) in [7, 11) is 4.60. The number of nitrogens with one attached hydrogen (secondary N) is 1. The molecule has 3 heteroatoms. The van der Waals surface area contributed by atoms with Gasteiger partial charge in [0.2, 0.25) is 0 Å². The molecule has 0 aromatic heterocycles. The second kappa shape index (κ2) is 6.11. The molecular formula is C16H31N3. The lowest BCUT2D eigenvalue weighted by Crippen LogP contribution is -2.44. The Morgan fingerprint density at radius 1 is 0.947 bits per heavy atom. The predicted octanol–water partition coefficient (Wildman–Crippen LogP) is 1.93. The average Bonchev–Trinajstić information content (AvgIpc) is 2.63. The molecule has 3 fully saturated rings. The zero-order chi connectivity index (χ0) is 13.2. The van der Waals surface area contributed by atoms with E-state index in [0.29, 0.717) is 0 Å². The van der Waals surface area contributed by atoms with Crippen LogP contribution in [-0.2, 0) is 0 Å². The van der Waals surface area contributed by atoms with Gasteiger partial charge in [-0.1, -0.05) is 0 Å². The van der Waals surface area contributed by atoms with Crippen LogP contribution in [0.25, 0.3) is 0 Å². The molecule has 3 atom stereocenters. The molecule has 0 aromatic rings. The van der Waals surface area contributed by atoms with Crippen molar-refractivity contribution in [3.05, 3.63) is 0 Å². The summed E-state index contributed by atoms with van der Waals surface area (Å²) >= 11 is 0. The fourth-order valence-corrected chi connectivity index (χ4v) is 4.47. The molecule has 3 unspecified atom stereocenters. The van der Waals surface area contributed by atoms with Crippen LogP contribution in [0.15, 0.2) is 0 Å². The minimum Gasteiger partial charge on any atom is -0.314 e. The largest absolute Gasteiger partial charge is 0.314 e. The first-order valence-corrected chi connectivity index (χ1v) is 8.36. The SMILES string of the molecule is CN1CCCC(NCC2CC3CCC(C2)N3C)CC1. The monoisotopic (exact) mass is 265 g/mol. The van der Waals surface area contributed by atoms with Crippen molar-refractivity contribution in [1.29, 1.82) is 0 Å². The first-order valence-electron chi connectivity index (χ1n) is 8.36. The van der Waals surface area contributed by atoms with Crippen LogP contribution >= 0.6 is 0 Å². The van der Waals surface area contributed by atoms with Crippen LogP contribution in [0.1, 0.15) is 44.9 Å². The normalized spacial score (nSPS) is 41.4. The number of hydrogen-bond acceptors (Lipinski definition) is 3. The van der Waals surface area contributed by atoms with E-state index in [0.717, 1.165) is 24.0 Å². The Kier molecular flexibility index (Phi) is 4.45. The highest BCUT2D eigenvalue weighted by Crippen LogP contribution is 2.37. The number of hydrogen-bond donors (Lipinski definition) is 1. The van der Waals surface area contributed by atoms with E-state index in [-0.39, 0.29) is 0 Å². The molecule has 0 saturated carbocycles. The number of piperidine rings is 1. The molecule has 0 radical (unpaired) electrons. The van der Waals surface area contributed by atoms with E-state index < -0.39 is 0 Å². The molecule has 2 bridgehead atoms. The third kappa shape index (κ3) is 3.32. The van der Waals surface area contributed by atoms with Gasteiger partial charge in [0.25, 0.3) is 0 Å². The molecule has 0 aromatic carbocycles. The molecule has 3 rings (SSSR count). The van der Waals surface area contributed by atoms with Gasteiger partial charge in [0.05, 0.1) is 0 Å². The van der Waals surface area contributed by atoms with Crippen molar-refractivity contribution in [3.63, 3.8) is 0 Å². The van der Waals surface area contributed by atoms with Crippen molar-refractivity contribution >= 4 is 0 Å². The lowest BCUT2D eigenvalue weighted by Gasteiger charge is -2.37. The minimum atomic E-state index is 0.780. The second-order valence-electron chi connectivity index (χ2n) is 7.23. The number of nitrogens with zero attached hydrogens (tertiary/aromatic N) is 2. The van der Waals surface area contributed by atoms with Crippen molar-refractivity contribution in [2.75, 3.05) is 33.7 Å². The fraction of sp³-hybridized carbons (Fsp3) is 1.00. The number of likely N-dealkylation sites (tertiary alicyclic amines) is 1. The molecular weight excluding hydrogens is 234 g/mol. The zero-order valence-corrected chi connectivity index (χ0v) is 12.8. The number of rotatable bonds is 3. The first-order chi connectivity index (χ1) is 9.22. The van der Waals surface area contributed by atoms with Gasteiger partial charge in [-0.15, -0.1) is 0 Å². The third-order valence-corrected chi connectivity index (χ3v) is 5.84. The summed E-state index contributed by atoms with van der Waals surface area (Å²) in [6, 6.07) is 2.57. The Balaban J connectivity index is 1.43. The Bertz CT molecular complexity index is 280. The molecule has 0 aliphatic carbocycles. The van der Waals surface area contributed by atoms with Crippen LogP contribution in [0.4, 0.5) is 0 Å². The summed E-state index contributed by atoms with van der Waals surface area (Å²) in [6.45, 7) is 3.84. The highest BCUT2D eigenvalue weighted by atomic mass is 15.2. The molecule has 0 amide bonds. The maximum atomic E-state index is 3.89. The second-order valence-corrected chi connectivity index (χ2v) is 7.23. The van der Waals surface area contributed by atoms with Gasteiger partial charge in [-0.25, -0.2) is 0 Å². The topological polar surface area (TPSA) is 18.5 Å². The lowest BCUT2D eigenvalue weighted by atomic mass is 9.90. The molecule has 3 aliphatic heterocycles. The van der Waals surface area contributed by atoms with Gasteiger partial charge < -0.3 is 15.1 Å². The highest BCUT2D eigenvalue weighted by Gasteiger charge is 2.38. The summed E-state index contributed by atoms with van der Waals surface area (Å²) in [4.78, 5) is 5.13. The van der Waals surface area contributed by atoms with E-state index >= 15 is 0 Å². The Morgan fingerprint density at radius 2 is 1.68 bits per heavy atom. The van der Waals surface area contributed by atoms with Gasteiger partial charge in [0.15, 0.2) is 0 Å². The van der Waals surface area contributed by atoms with Gasteiger partial charge in [-0.05, 0) is 84.6 Å². The van der Waals surface area contributed by atoms with E-state index in [1.54, 1.807) is 0 Å². The smallest absolute Gasteiger partial charge is 0.00988 e. The maximum absolute atomic E-state index is 3.89. The third-order valence-electron chi connectivity index (χ3n) is 5.84. The molecule has 3 saturated heterocycles. The Morgan fingerprint density at radius 3 is 2.42 bits per heavy atom. The van der Waals surface area contributed by atoms with Crippen molar-refractivity contribution in [2.24, 2.45) is 5.92 Å². The van der Waals surface area contributed by atoms with Crippen LogP contribution in [0.2, 0.25) is 0 Å². The summed E-state index contributed by atoms with van der Waals surface area (Å²) < 4.78 is 0. The van der Waals surface area contributed by atoms with Crippen LogP contribution in [-0.4, -0.2) is 61.7 Å². The van der Waals surface area contributed by atoms with Gasteiger partial charge >= 0.3 is 0 Å². The van der Waals surface area contributed by atoms with Crippen molar-refractivity contribution in [3.8, 4) is 0 Å². The van der Waals surface area contributed by atoms with Crippen molar-refractivity contribution < 1.29 is 0 Å². The molecule has 0 spiro atoms. The van der Waals surface area contributed by atoms with Crippen molar-refractivity contribution in [2.45, 2.75) is 63.1 Å². The standard InChI is InChI=1S/C16H31N3/c1-18-8-3-4-14(7-9-18)17-12-13-10-15-5-6-16(11-13)19(15)2/h13-17H,3-12H2,1-2H3. The highest BCUT2D eigenvalue weighted by molar-refractivity contribution is 4.94. The van der Waals surface area contributed by atoms with Gasteiger partial charge in [0, 0.05) is 18.1 Å². The van der Waals surface area contributed by atoms with E-state index in [2.05, 4.69) is 29.2 Å². The van der Waals surface area contributed by atoms with E-state index in [4.69, 9.17) is 0 Å². The van der Waals surface area contributed by atoms with Crippen LogP contribution in [0.5, 0.6) is 0 Å². The summed E-state index contributed by atoms with van der Waals surface area (Å²) in [5, 5.41) is 3.89. The molecule has 19 heavy (non-hydrogen) atoms. The predicted molar refractivity (Wildman–Crippen MR) is 80.4 cm³/mol. The fourth-order valence-electron chi connectivity index (χ4n) is 4.47. The van der Waals surface area contributed by atoms with E-state index in [1.807, 2.05) is 0 Å². The zero-order valence-electron chi connectivity index (χ0n) is 12.8. The molecule has 1 N–H and O–H groups in total. The van der Waals surface area contributed by atoms with E-state index in [9.17, 15) is 0 Å². The van der Waals surface area contributed by atoms with Gasteiger partial charge in [-0.2, -0.15) is 0 Å². The molecule has 110 valence electrons. The Hall–Kier alpha value is -0.120. The molecule has 3 heterocycles. The van der Waals surface area contributed by atoms with Crippen LogP contribution in [0, 0.1) is 5.92 Å². The Labute approximate surface area is 118 Å². The van der Waals surface area contributed by atoms with Crippen molar-refractivity contribution in [1.82, 2.24) is 15.1 Å². The van der Waals surface area contributed by atoms with Crippen LogP contribution in [0.3, 0.4) is 0 Å². The molecule has 3 nitrogen and oxygen atoms in total. The first kappa shape index (κ1) is 13.8. The van der Waals surface area contributed by atoms with Gasteiger partial charge in [-0.3, -0.25) is 0 Å². The average molecular weight is 265 g/mol. The quantitative estimate of drug-likeness (QED) is 0.841. The summed E-state index contributed by atoms with van der Waals surface area (Å²) in [5.41, 5.74) is 0.